The van der Waals surface area contributed by atoms with E-state index in [0.717, 1.165) is 0 Å². The molecule has 2 aromatic rings. The lowest BCUT2D eigenvalue weighted by atomic mass is 10.4. The van der Waals surface area contributed by atoms with Crippen molar-refractivity contribution in [3.05, 3.63) is 40.7 Å². The molecule has 0 aliphatic heterocycles. The summed E-state index contributed by atoms with van der Waals surface area (Å²) >= 11 is 5.76. The average molecular weight is 349 g/mol. The van der Waals surface area contributed by atoms with Crippen LogP contribution in [0.4, 0.5) is 0 Å². The molecule has 0 amide bonds. The molecule has 0 fully saturated rings. The Balaban J connectivity index is 2.61. The van der Waals surface area contributed by atoms with Crippen molar-refractivity contribution in [2.45, 2.75) is 23.6 Å². The molecule has 21 heavy (non-hydrogen) atoms. The number of nitrogens with zero attached hydrogens (tertiary/aromatic N) is 2. The fraction of sp³-hybridized carbons (Fsp3) is 0.250. The van der Waals surface area contributed by atoms with E-state index in [1.165, 1.54) is 44.4 Å². The molecule has 0 saturated carbocycles. The maximum absolute atomic E-state index is 12.6. The summed E-state index contributed by atoms with van der Waals surface area (Å²) in [6, 6.07) is 6.02. The van der Waals surface area contributed by atoms with E-state index in [-0.39, 0.29) is 21.2 Å². The van der Waals surface area contributed by atoms with Crippen molar-refractivity contribution in [2.24, 2.45) is 3.77 Å². The lowest BCUT2D eigenvalue weighted by Gasteiger charge is -2.05. The summed E-state index contributed by atoms with van der Waals surface area (Å²) in [6.45, 7) is 2.95. The molecule has 0 unspecified atom stereocenters. The maximum Gasteiger partial charge on any atom is 0.295 e. The first kappa shape index (κ1) is 16.0. The van der Waals surface area contributed by atoms with Crippen LogP contribution in [0, 0.1) is 13.8 Å². The third-order valence-electron chi connectivity index (χ3n) is 2.72. The van der Waals surface area contributed by atoms with Crippen LogP contribution < -0.4 is 0 Å². The van der Waals surface area contributed by atoms with Gasteiger partial charge in [-0.2, -0.15) is 8.42 Å². The molecule has 2 rings (SSSR count). The molecule has 0 saturated heterocycles. The van der Waals surface area contributed by atoms with Gasteiger partial charge in [0.15, 0.2) is 10.7 Å². The van der Waals surface area contributed by atoms with E-state index >= 15 is 0 Å². The highest BCUT2D eigenvalue weighted by atomic mass is 35.5. The van der Waals surface area contributed by atoms with Crippen molar-refractivity contribution in [3.8, 4) is 0 Å². The molecule has 0 aliphatic rings. The summed E-state index contributed by atoms with van der Waals surface area (Å²) in [6.07, 6.45) is 1.26. The van der Waals surface area contributed by atoms with Crippen LogP contribution in [0.2, 0.25) is 5.02 Å². The average Bonchev–Trinajstić information content (AvgIpc) is 2.68. The number of sulfonamides is 1. The van der Waals surface area contributed by atoms with Crippen LogP contribution in [-0.4, -0.2) is 24.0 Å². The van der Waals surface area contributed by atoms with Crippen LogP contribution >= 0.6 is 11.6 Å². The minimum Gasteiger partial charge on any atom is -0.360 e. The van der Waals surface area contributed by atoms with Gasteiger partial charge in [0.05, 0.1) is 9.73 Å². The Morgan fingerprint density at radius 2 is 1.71 bits per heavy atom. The Hall–Kier alpha value is -1.38. The van der Waals surface area contributed by atoms with E-state index in [4.69, 9.17) is 16.1 Å². The molecule has 114 valence electrons. The fourth-order valence-electron chi connectivity index (χ4n) is 1.80. The summed E-state index contributed by atoms with van der Waals surface area (Å²) in [5.41, 5.74) is 0.183. The number of hydrogen-bond donors (Lipinski definition) is 0. The van der Waals surface area contributed by atoms with Crippen molar-refractivity contribution in [1.82, 2.24) is 5.16 Å². The Morgan fingerprint density at radius 3 is 2.19 bits per heavy atom. The van der Waals surface area contributed by atoms with Crippen molar-refractivity contribution in [3.63, 3.8) is 0 Å². The van der Waals surface area contributed by atoms with Gasteiger partial charge in [-0.05, 0) is 38.1 Å². The molecule has 6 nitrogen and oxygen atoms in total. The quantitative estimate of drug-likeness (QED) is 0.850. The zero-order valence-corrected chi connectivity index (χ0v) is 13.9. The van der Waals surface area contributed by atoms with Crippen molar-refractivity contribution >= 4 is 31.4 Å². The van der Waals surface area contributed by atoms with Crippen LogP contribution in [0.3, 0.4) is 0 Å². The summed E-state index contributed by atoms with van der Waals surface area (Å²) in [7, 11) is -7.27. The van der Waals surface area contributed by atoms with Gasteiger partial charge in [-0.15, -0.1) is 3.77 Å². The highest BCUT2D eigenvalue weighted by Gasteiger charge is 2.25. The Labute approximate surface area is 128 Å². The van der Waals surface area contributed by atoms with Gasteiger partial charge >= 0.3 is 0 Å². The van der Waals surface area contributed by atoms with E-state index in [1.54, 1.807) is 0 Å². The van der Waals surface area contributed by atoms with Crippen LogP contribution in [-0.2, 0) is 19.8 Å². The van der Waals surface area contributed by atoms with Gasteiger partial charge < -0.3 is 4.52 Å². The topological polar surface area (TPSA) is 89.6 Å². The molecule has 1 aromatic carbocycles. The largest absolute Gasteiger partial charge is 0.360 e. The molecule has 0 bridgehead atoms. The summed E-state index contributed by atoms with van der Waals surface area (Å²) < 4.78 is 45.6. The highest BCUT2D eigenvalue weighted by Crippen LogP contribution is 2.24. The molecule has 0 radical (unpaired) electrons. The van der Waals surface area contributed by atoms with Crippen LogP contribution in [0.1, 0.15) is 11.5 Å². The third-order valence-corrected chi connectivity index (χ3v) is 7.14. The summed E-state index contributed by atoms with van der Waals surface area (Å²) in [5.74, 6) is 0.113. The van der Waals surface area contributed by atoms with Gasteiger partial charge in [0, 0.05) is 16.2 Å². The van der Waals surface area contributed by atoms with Crippen LogP contribution in [0.5, 0.6) is 0 Å². The zero-order valence-electron chi connectivity index (χ0n) is 11.5. The van der Waals surface area contributed by atoms with Crippen molar-refractivity contribution in [2.75, 3.05) is 6.26 Å². The predicted molar refractivity (Wildman–Crippen MR) is 79.4 cm³/mol. The number of aryl methyl sites for hydroxylation is 2. The Kier molecular flexibility index (Phi) is 4.14. The van der Waals surface area contributed by atoms with Gasteiger partial charge in [-0.3, -0.25) is 0 Å². The standard InChI is InChI=1S/C12H13ClN2O4S2/c1-8-12(9(2)19-14-8)21(17,18)15-20(3,16)11-6-4-10(13)5-7-11/h4-7H,1-3H3/t20-/m1/s1. The highest BCUT2D eigenvalue weighted by molar-refractivity contribution is 8.03. The van der Waals surface area contributed by atoms with E-state index in [9.17, 15) is 12.6 Å². The minimum atomic E-state index is -4.13. The molecule has 0 spiro atoms. The number of benzene rings is 1. The molecule has 1 heterocycles. The minimum absolute atomic E-state index is 0.113. The molecular weight excluding hydrogens is 336 g/mol. The molecular formula is C12H13ClN2O4S2. The van der Waals surface area contributed by atoms with Gasteiger partial charge in [-0.1, -0.05) is 16.8 Å². The van der Waals surface area contributed by atoms with Crippen LogP contribution in [0.15, 0.2) is 42.3 Å². The molecule has 9 heteroatoms. The molecule has 1 aromatic heterocycles. The van der Waals surface area contributed by atoms with Gasteiger partial charge in [0.25, 0.3) is 10.0 Å². The molecule has 0 aliphatic carbocycles. The first-order valence-electron chi connectivity index (χ1n) is 5.80. The lowest BCUT2D eigenvalue weighted by Crippen LogP contribution is -2.06. The van der Waals surface area contributed by atoms with Crippen molar-refractivity contribution < 1.29 is 17.1 Å². The van der Waals surface area contributed by atoms with Crippen molar-refractivity contribution in [1.29, 1.82) is 0 Å². The van der Waals surface area contributed by atoms with E-state index in [2.05, 4.69) is 8.92 Å². The number of halogens is 1. The first-order valence-corrected chi connectivity index (χ1v) is 9.54. The van der Waals surface area contributed by atoms with E-state index < -0.39 is 19.8 Å². The van der Waals surface area contributed by atoms with Gasteiger partial charge in [-0.25, -0.2) is 4.21 Å². The fourth-order valence-corrected chi connectivity index (χ4v) is 5.52. The van der Waals surface area contributed by atoms with Gasteiger partial charge in [0.1, 0.15) is 5.69 Å². The number of rotatable bonds is 3. The van der Waals surface area contributed by atoms with E-state index in [1.807, 2.05) is 0 Å². The Morgan fingerprint density at radius 1 is 1.14 bits per heavy atom. The second-order valence-electron chi connectivity index (χ2n) is 4.46. The lowest BCUT2D eigenvalue weighted by molar-refractivity contribution is 0.390. The number of hydrogen-bond acceptors (Lipinski definition) is 5. The summed E-state index contributed by atoms with van der Waals surface area (Å²) in [5, 5.41) is 4.03. The number of aromatic nitrogens is 1. The van der Waals surface area contributed by atoms with Crippen LogP contribution in [0.25, 0.3) is 0 Å². The second-order valence-corrected chi connectivity index (χ2v) is 8.93. The smallest absolute Gasteiger partial charge is 0.295 e. The normalized spacial score (nSPS) is 14.7. The SMILES string of the molecule is Cc1noc(C)c1S(=O)(=O)N=[S@](C)(=O)c1ccc(Cl)cc1. The van der Waals surface area contributed by atoms with E-state index in [0.29, 0.717) is 5.02 Å². The third kappa shape index (κ3) is 3.28. The zero-order chi connectivity index (χ0) is 15.8. The molecule has 1 atom stereocenters. The maximum atomic E-state index is 12.6. The first-order chi connectivity index (χ1) is 9.63. The second kappa shape index (κ2) is 5.43. The molecule has 0 N–H and O–H groups in total. The monoisotopic (exact) mass is 348 g/mol. The summed E-state index contributed by atoms with van der Waals surface area (Å²) in [4.78, 5) is 0.133. The van der Waals surface area contributed by atoms with Gasteiger partial charge in [0.2, 0.25) is 0 Å². The predicted octanol–water partition coefficient (Wildman–Crippen LogP) is 2.79. The Bertz CT molecular complexity index is 872.